The zero-order valence-corrected chi connectivity index (χ0v) is 20.5. The molecule has 0 aliphatic carbocycles. The summed E-state index contributed by atoms with van der Waals surface area (Å²) in [4.78, 5) is 48.2. The smallest absolute Gasteiger partial charge is 0.338 e. The third kappa shape index (κ3) is 4.48. The molecule has 8 nitrogen and oxygen atoms in total. The van der Waals surface area contributed by atoms with Gasteiger partial charge >= 0.3 is 5.97 Å². The van der Waals surface area contributed by atoms with Crippen molar-refractivity contribution in [2.45, 2.75) is 20.4 Å². The number of thiophene rings is 1. The molecule has 1 N–H and O–H groups in total. The molecule has 1 amide bonds. The van der Waals surface area contributed by atoms with E-state index in [-0.39, 0.29) is 18.7 Å². The highest BCUT2D eigenvalue weighted by Crippen LogP contribution is 2.31. The lowest BCUT2D eigenvalue weighted by molar-refractivity contribution is -0.116. The minimum atomic E-state index is -0.468. The first-order chi connectivity index (χ1) is 17.4. The Hall–Kier alpha value is -4.37. The number of pyridine rings is 1. The van der Waals surface area contributed by atoms with E-state index in [1.807, 2.05) is 42.5 Å². The molecule has 0 aliphatic heterocycles. The van der Waals surface area contributed by atoms with Gasteiger partial charge in [0.1, 0.15) is 21.9 Å². The number of nitrogens with zero attached hydrogens (tertiary/aromatic N) is 3. The quantitative estimate of drug-likeness (QED) is 0.338. The maximum absolute atomic E-state index is 13.3. The number of aromatic nitrogens is 3. The van der Waals surface area contributed by atoms with Crippen molar-refractivity contribution in [3.63, 3.8) is 0 Å². The molecular formula is C27H22N4O4S. The van der Waals surface area contributed by atoms with Crippen LogP contribution in [0.1, 0.15) is 23.1 Å². The maximum Gasteiger partial charge on any atom is 0.338 e. The number of rotatable bonds is 6. The van der Waals surface area contributed by atoms with Gasteiger partial charge < -0.3 is 10.1 Å². The van der Waals surface area contributed by atoms with Gasteiger partial charge in [0.2, 0.25) is 5.91 Å². The molecule has 3 aromatic heterocycles. The Balaban J connectivity index is 1.44. The number of nitrogens with one attached hydrogen (secondary N) is 1. The van der Waals surface area contributed by atoms with Gasteiger partial charge in [-0.05, 0) is 44.2 Å². The van der Waals surface area contributed by atoms with Gasteiger partial charge in [-0.3, -0.25) is 14.2 Å². The second-order valence-electron chi connectivity index (χ2n) is 8.09. The number of benzene rings is 2. The van der Waals surface area contributed by atoms with E-state index in [2.05, 4.69) is 10.3 Å². The first-order valence-electron chi connectivity index (χ1n) is 11.4. The molecule has 36 heavy (non-hydrogen) atoms. The molecule has 0 radical (unpaired) electrons. The number of ether oxygens (including phenoxy) is 1. The molecular weight excluding hydrogens is 476 g/mol. The maximum atomic E-state index is 13.3. The molecule has 0 unspecified atom stereocenters. The molecule has 0 fully saturated rings. The molecule has 0 spiro atoms. The highest BCUT2D eigenvalue weighted by atomic mass is 32.1. The van der Waals surface area contributed by atoms with Crippen LogP contribution in [0.4, 0.5) is 5.69 Å². The lowest BCUT2D eigenvalue weighted by Gasteiger charge is -2.11. The number of hydrogen-bond acceptors (Lipinski definition) is 7. The Bertz CT molecular complexity index is 1670. The summed E-state index contributed by atoms with van der Waals surface area (Å²) in [6, 6.07) is 20.1. The number of anilines is 1. The van der Waals surface area contributed by atoms with E-state index >= 15 is 0 Å². The Morgan fingerprint density at radius 1 is 1.03 bits per heavy atom. The standard InChI is InChI=1S/C27H22N4O4S/c1-3-35-27(34)18-10-7-11-19(14-18)29-22(32)15-31-16(2)28-23-20-12-13-21(17-8-5-4-6-9-17)30-25(20)36-24(23)26(31)33/h4-14H,3,15H2,1-2H3,(H,29,32). The predicted octanol–water partition coefficient (Wildman–Crippen LogP) is 4.80. The van der Waals surface area contributed by atoms with Crippen molar-refractivity contribution in [3.8, 4) is 11.3 Å². The summed E-state index contributed by atoms with van der Waals surface area (Å²) >= 11 is 1.27. The molecule has 0 saturated carbocycles. The summed E-state index contributed by atoms with van der Waals surface area (Å²) in [6.07, 6.45) is 0. The lowest BCUT2D eigenvalue weighted by Crippen LogP contribution is -2.29. The molecule has 0 atom stereocenters. The van der Waals surface area contributed by atoms with Crippen molar-refractivity contribution >= 4 is 49.3 Å². The second kappa shape index (κ2) is 9.71. The first-order valence-corrected chi connectivity index (χ1v) is 12.2. The fraction of sp³-hybridized carbons (Fsp3) is 0.148. The minimum Gasteiger partial charge on any atom is -0.462 e. The number of carbonyl (C=O) groups excluding carboxylic acids is 2. The molecule has 5 rings (SSSR count). The fourth-order valence-electron chi connectivity index (χ4n) is 3.95. The minimum absolute atomic E-state index is 0.214. The van der Waals surface area contributed by atoms with E-state index < -0.39 is 11.9 Å². The number of fused-ring (bicyclic) bond motifs is 3. The van der Waals surface area contributed by atoms with Gasteiger partial charge in [0.15, 0.2) is 0 Å². The van der Waals surface area contributed by atoms with Crippen LogP contribution in [-0.4, -0.2) is 33.0 Å². The molecule has 9 heteroatoms. The normalized spacial score (nSPS) is 11.1. The Kier molecular flexibility index (Phi) is 6.30. The van der Waals surface area contributed by atoms with Gasteiger partial charge in [0, 0.05) is 16.6 Å². The highest BCUT2D eigenvalue weighted by molar-refractivity contribution is 7.25. The molecule has 5 aromatic rings. The highest BCUT2D eigenvalue weighted by Gasteiger charge is 2.17. The number of esters is 1. The lowest BCUT2D eigenvalue weighted by atomic mass is 10.1. The van der Waals surface area contributed by atoms with E-state index in [1.54, 1.807) is 32.0 Å². The van der Waals surface area contributed by atoms with Crippen molar-refractivity contribution < 1.29 is 14.3 Å². The van der Waals surface area contributed by atoms with Crippen LogP contribution in [0.5, 0.6) is 0 Å². The van der Waals surface area contributed by atoms with Crippen molar-refractivity contribution in [1.29, 1.82) is 0 Å². The fourth-order valence-corrected chi connectivity index (χ4v) is 5.01. The summed E-state index contributed by atoms with van der Waals surface area (Å²) in [5.41, 5.74) is 2.86. The van der Waals surface area contributed by atoms with Crippen LogP contribution < -0.4 is 10.9 Å². The van der Waals surface area contributed by atoms with E-state index in [4.69, 9.17) is 9.72 Å². The van der Waals surface area contributed by atoms with Gasteiger partial charge in [0.05, 0.1) is 23.4 Å². The van der Waals surface area contributed by atoms with E-state index in [9.17, 15) is 14.4 Å². The van der Waals surface area contributed by atoms with Gasteiger partial charge in [-0.15, -0.1) is 11.3 Å². The summed E-state index contributed by atoms with van der Waals surface area (Å²) in [5, 5.41) is 3.55. The molecule has 0 bridgehead atoms. The number of hydrogen-bond donors (Lipinski definition) is 1. The summed E-state index contributed by atoms with van der Waals surface area (Å²) in [7, 11) is 0. The van der Waals surface area contributed by atoms with Crippen LogP contribution in [0.15, 0.2) is 71.5 Å². The third-order valence-electron chi connectivity index (χ3n) is 5.66. The van der Waals surface area contributed by atoms with Crippen LogP contribution >= 0.6 is 11.3 Å². The molecule has 3 heterocycles. The Morgan fingerprint density at radius 2 is 1.83 bits per heavy atom. The number of amides is 1. The van der Waals surface area contributed by atoms with Crippen LogP contribution in [0.3, 0.4) is 0 Å². The molecule has 2 aromatic carbocycles. The van der Waals surface area contributed by atoms with Crippen molar-refractivity contribution in [2.24, 2.45) is 0 Å². The zero-order chi connectivity index (χ0) is 25.2. The van der Waals surface area contributed by atoms with Crippen molar-refractivity contribution in [1.82, 2.24) is 14.5 Å². The third-order valence-corrected chi connectivity index (χ3v) is 6.74. The molecule has 0 saturated heterocycles. The van der Waals surface area contributed by atoms with Crippen LogP contribution in [-0.2, 0) is 16.1 Å². The van der Waals surface area contributed by atoms with Gasteiger partial charge in [-0.2, -0.15) is 0 Å². The monoisotopic (exact) mass is 498 g/mol. The second-order valence-corrected chi connectivity index (χ2v) is 9.09. The van der Waals surface area contributed by atoms with E-state index in [0.717, 1.165) is 16.6 Å². The van der Waals surface area contributed by atoms with Gasteiger partial charge in [-0.1, -0.05) is 36.4 Å². The largest absolute Gasteiger partial charge is 0.462 e. The summed E-state index contributed by atoms with van der Waals surface area (Å²) in [5.74, 6) is -0.452. The first kappa shape index (κ1) is 23.4. The van der Waals surface area contributed by atoms with Crippen LogP contribution in [0.2, 0.25) is 0 Å². The van der Waals surface area contributed by atoms with Crippen LogP contribution in [0.25, 0.3) is 31.7 Å². The number of aryl methyl sites for hydroxylation is 1. The van der Waals surface area contributed by atoms with Gasteiger partial charge in [-0.25, -0.2) is 14.8 Å². The topological polar surface area (TPSA) is 103 Å². The van der Waals surface area contributed by atoms with E-state index in [0.29, 0.717) is 32.1 Å². The summed E-state index contributed by atoms with van der Waals surface area (Å²) in [6.45, 7) is 3.47. The predicted molar refractivity (Wildman–Crippen MR) is 140 cm³/mol. The zero-order valence-electron chi connectivity index (χ0n) is 19.6. The SMILES string of the molecule is CCOC(=O)c1cccc(NC(=O)Cn2c(C)nc3c(sc4nc(-c5ccccc5)ccc43)c2=O)c1. The Labute approximate surface area is 210 Å². The average Bonchev–Trinajstić information content (AvgIpc) is 3.25. The van der Waals surface area contributed by atoms with Crippen molar-refractivity contribution in [3.05, 3.63) is 88.5 Å². The average molecular weight is 499 g/mol. The summed E-state index contributed by atoms with van der Waals surface area (Å²) < 4.78 is 6.80. The molecule has 180 valence electrons. The van der Waals surface area contributed by atoms with Crippen LogP contribution in [0, 0.1) is 6.92 Å². The number of carbonyl (C=O) groups is 2. The Morgan fingerprint density at radius 3 is 2.61 bits per heavy atom. The van der Waals surface area contributed by atoms with E-state index in [1.165, 1.54) is 22.0 Å². The molecule has 0 aliphatic rings. The van der Waals surface area contributed by atoms with Gasteiger partial charge in [0.25, 0.3) is 5.56 Å². The van der Waals surface area contributed by atoms with Crippen molar-refractivity contribution in [2.75, 3.05) is 11.9 Å².